The highest BCUT2D eigenvalue weighted by Gasteiger charge is 2.14. The minimum Gasteiger partial charge on any atom is -0.465 e. The van der Waals surface area contributed by atoms with E-state index in [-0.39, 0.29) is 5.91 Å². The second kappa shape index (κ2) is 9.12. The zero-order valence-electron chi connectivity index (χ0n) is 15.4. The van der Waals surface area contributed by atoms with Gasteiger partial charge in [-0.05, 0) is 31.0 Å². The van der Waals surface area contributed by atoms with E-state index in [1.165, 1.54) is 45.2 Å². The number of carbonyl (C=O) groups is 2. The maximum Gasteiger partial charge on any atom is 0.337 e. The first-order valence-electron chi connectivity index (χ1n) is 9.24. The van der Waals surface area contributed by atoms with Gasteiger partial charge in [0, 0.05) is 24.1 Å². The number of methoxy groups -OCH3 is 1. The Kier molecular flexibility index (Phi) is 6.35. The van der Waals surface area contributed by atoms with E-state index in [1.54, 1.807) is 24.3 Å². The van der Waals surface area contributed by atoms with Gasteiger partial charge in [0.2, 0.25) is 5.95 Å². The fourth-order valence-electron chi connectivity index (χ4n) is 3.17. The first-order chi connectivity index (χ1) is 13.2. The van der Waals surface area contributed by atoms with E-state index in [1.807, 2.05) is 0 Å². The van der Waals surface area contributed by atoms with Crippen molar-refractivity contribution in [3.05, 3.63) is 47.8 Å². The molecule has 1 heterocycles. The molecule has 1 fully saturated rings. The standard InChI is InChI=1S/C20H24N4O3/c1-27-19(26)14-7-6-10-17(11-14)23-18(25)15-12-21-20(22-13-15)24-16-8-4-2-3-5-9-16/h6-7,10-13,16H,2-5,8-9H2,1H3,(H,23,25)(H,21,22,24). The molecule has 1 aromatic carbocycles. The van der Waals surface area contributed by atoms with Crippen LogP contribution in [0.4, 0.5) is 11.6 Å². The van der Waals surface area contributed by atoms with Crippen molar-refractivity contribution in [2.45, 2.75) is 44.6 Å². The van der Waals surface area contributed by atoms with Gasteiger partial charge in [0.15, 0.2) is 0 Å². The highest BCUT2D eigenvalue weighted by molar-refractivity contribution is 6.04. The first-order valence-corrected chi connectivity index (χ1v) is 9.24. The number of nitrogens with one attached hydrogen (secondary N) is 2. The van der Waals surface area contributed by atoms with Crippen LogP contribution in [0, 0.1) is 0 Å². The van der Waals surface area contributed by atoms with Gasteiger partial charge in [-0.15, -0.1) is 0 Å². The fraction of sp³-hybridized carbons (Fsp3) is 0.400. The minimum absolute atomic E-state index is 0.335. The number of hydrogen-bond acceptors (Lipinski definition) is 6. The minimum atomic E-state index is -0.455. The number of rotatable bonds is 5. The summed E-state index contributed by atoms with van der Waals surface area (Å²) in [4.78, 5) is 32.5. The molecular formula is C20H24N4O3. The van der Waals surface area contributed by atoms with E-state index < -0.39 is 5.97 Å². The second-order valence-electron chi connectivity index (χ2n) is 6.65. The smallest absolute Gasteiger partial charge is 0.337 e. The van der Waals surface area contributed by atoms with Crippen LogP contribution in [-0.2, 0) is 4.74 Å². The summed E-state index contributed by atoms with van der Waals surface area (Å²) in [6.07, 6.45) is 10.3. The molecule has 1 amide bonds. The SMILES string of the molecule is COC(=O)c1cccc(NC(=O)c2cnc(NC3CCCCCC3)nc2)c1. The van der Waals surface area contributed by atoms with Crippen LogP contribution in [0.2, 0.25) is 0 Å². The normalized spacial score (nSPS) is 14.9. The lowest BCUT2D eigenvalue weighted by atomic mass is 10.1. The van der Waals surface area contributed by atoms with Gasteiger partial charge in [-0.2, -0.15) is 0 Å². The molecule has 0 saturated heterocycles. The van der Waals surface area contributed by atoms with Crippen LogP contribution in [0.3, 0.4) is 0 Å². The predicted octanol–water partition coefficient (Wildman–Crippen LogP) is 3.65. The molecule has 0 atom stereocenters. The van der Waals surface area contributed by atoms with Gasteiger partial charge < -0.3 is 15.4 Å². The van der Waals surface area contributed by atoms with Gasteiger partial charge in [0.25, 0.3) is 5.91 Å². The summed E-state index contributed by atoms with van der Waals surface area (Å²) < 4.78 is 4.69. The average Bonchev–Trinajstić information content (AvgIpc) is 2.97. The third-order valence-corrected chi connectivity index (χ3v) is 4.64. The summed E-state index contributed by atoms with van der Waals surface area (Å²) in [5, 5.41) is 6.10. The molecule has 0 unspecified atom stereocenters. The summed E-state index contributed by atoms with van der Waals surface area (Å²) >= 11 is 0. The third-order valence-electron chi connectivity index (χ3n) is 4.64. The lowest BCUT2D eigenvalue weighted by Gasteiger charge is -2.15. The first kappa shape index (κ1) is 18.8. The molecule has 2 N–H and O–H groups in total. The maximum absolute atomic E-state index is 12.4. The van der Waals surface area contributed by atoms with Crippen LogP contribution in [-0.4, -0.2) is 35.0 Å². The Morgan fingerprint density at radius 2 is 1.74 bits per heavy atom. The summed E-state index contributed by atoms with van der Waals surface area (Å²) in [6, 6.07) is 6.96. The summed E-state index contributed by atoms with van der Waals surface area (Å²) in [5.41, 5.74) is 1.22. The van der Waals surface area contributed by atoms with E-state index in [0.29, 0.717) is 28.8 Å². The van der Waals surface area contributed by atoms with Crippen LogP contribution in [0.1, 0.15) is 59.2 Å². The molecule has 0 bridgehead atoms. The van der Waals surface area contributed by atoms with E-state index in [9.17, 15) is 9.59 Å². The Balaban J connectivity index is 1.61. The van der Waals surface area contributed by atoms with Gasteiger partial charge in [-0.25, -0.2) is 14.8 Å². The zero-order valence-corrected chi connectivity index (χ0v) is 15.4. The number of aromatic nitrogens is 2. The van der Waals surface area contributed by atoms with Gasteiger partial charge in [0.05, 0.1) is 18.2 Å². The van der Waals surface area contributed by atoms with Gasteiger partial charge >= 0.3 is 5.97 Å². The molecule has 27 heavy (non-hydrogen) atoms. The molecule has 0 aliphatic heterocycles. The third kappa shape index (κ3) is 5.26. The number of ether oxygens (including phenoxy) is 1. The van der Waals surface area contributed by atoms with E-state index >= 15 is 0 Å². The monoisotopic (exact) mass is 368 g/mol. The summed E-state index contributed by atoms with van der Waals surface area (Å²) in [7, 11) is 1.32. The van der Waals surface area contributed by atoms with Crippen molar-refractivity contribution in [2.24, 2.45) is 0 Å². The van der Waals surface area contributed by atoms with Crippen LogP contribution in [0.15, 0.2) is 36.7 Å². The molecule has 2 aromatic rings. The van der Waals surface area contributed by atoms with Gasteiger partial charge in [-0.1, -0.05) is 31.7 Å². The van der Waals surface area contributed by atoms with Gasteiger partial charge in [0.1, 0.15) is 0 Å². The fourth-order valence-corrected chi connectivity index (χ4v) is 3.17. The Morgan fingerprint density at radius 1 is 1.04 bits per heavy atom. The van der Waals surface area contributed by atoms with Crippen LogP contribution < -0.4 is 10.6 Å². The molecule has 142 valence electrons. The highest BCUT2D eigenvalue weighted by Crippen LogP contribution is 2.20. The zero-order chi connectivity index (χ0) is 19.1. The van der Waals surface area contributed by atoms with Crippen molar-refractivity contribution in [2.75, 3.05) is 17.7 Å². The number of benzene rings is 1. The second-order valence-corrected chi connectivity index (χ2v) is 6.65. The maximum atomic E-state index is 12.4. The largest absolute Gasteiger partial charge is 0.465 e. The summed E-state index contributed by atoms with van der Waals surface area (Å²) in [6.45, 7) is 0. The molecule has 1 saturated carbocycles. The molecule has 7 nitrogen and oxygen atoms in total. The van der Waals surface area contributed by atoms with Crippen molar-refractivity contribution >= 4 is 23.5 Å². The Hall–Kier alpha value is -2.96. The van der Waals surface area contributed by atoms with Crippen molar-refractivity contribution in [3.63, 3.8) is 0 Å². The van der Waals surface area contributed by atoms with Crippen molar-refractivity contribution in [1.29, 1.82) is 0 Å². The number of esters is 1. The quantitative estimate of drug-likeness (QED) is 0.618. The average molecular weight is 368 g/mol. The summed E-state index contributed by atoms with van der Waals surface area (Å²) in [5.74, 6) is -0.243. The molecule has 1 aliphatic rings. The van der Waals surface area contributed by atoms with Crippen LogP contribution >= 0.6 is 0 Å². The van der Waals surface area contributed by atoms with E-state index in [2.05, 4.69) is 25.3 Å². The predicted molar refractivity (Wildman–Crippen MR) is 103 cm³/mol. The van der Waals surface area contributed by atoms with E-state index in [4.69, 9.17) is 0 Å². The lowest BCUT2D eigenvalue weighted by Crippen LogP contribution is -2.20. The topological polar surface area (TPSA) is 93.2 Å². The molecule has 3 rings (SSSR count). The Bertz CT molecular complexity index is 784. The Labute approximate surface area is 158 Å². The molecule has 0 radical (unpaired) electrons. The van der Waals surface area contributed by atoms with E-state index in [0.717, 1.165) is 12.8 Å². The molecule has 7 heteroatoms. The van der Waals surface area contributed by atoms with Crippen LogP contribution in [0.25, 0.3) is 0 Å². The number of carbonyl (C=O) groups excluding carboxylic acids is 2. The Morgan fingerprint density at radius 3 is 2.41 bits per heavy atom. The number of amides is 1. The molecular weight excluding hydrogens is 344 g/mol. The van der Waals surface area contributed by atoms with Crippen molar-refractivity contribution in [1.82, 2.24) is 9.97 Å². The molecule has 1 aromatic heterocycles. The molecule has 0 spiro atoms. The lowest BCUT2D eigenvalue weighted by molar-refractivity contribution is 0.0600. The van der Waals surface area contributed by atoms with Gasteiger partial charge in [-0.3, -0.25) is 4.79 Å². The highest BCUT2D eigenvalue weighted by atomic mass is 16.5. The number of hydrogen-bond donors (Lipinski definition) is 2. The van der Waals surface area contributed by atoms with Crippen molar-refractivity contribution < 1.29 is 14.3 Å². The van der Waals surface area contributed by atoms with Crippen LogP contribution in [0.5, 0.6) is 0 Å². The number of anilines is 2. The van der Waals surface area contributed by atoms with Crippen molar-refractivity contribution in [3.8, 4) is 0 Å². The number of nitrogens with zero attached hydrogens (tertiary/aromatic N) is 2. The molecule has 1 aliphatic carbocycles.